The fourth-order valence-electron chi connectivity index (χ4n) is 1.94. The van der Waals surface area contributed by atoms with Crippen LogP contribution in [0.2, 0.25) is 0 Å². The minimum Gasteiger partial charge on any atom is -0.383 e. The Morgan fingerprint density at radius 2 is 1.94 bits per heavy atom. The highest BCUT2D eigenvalue weighted by Gasteiger charge is 2.17. The predicted molar refractivity (Wildman–Crippen MR) is 70.9 cm³/mol. The second kappa shape index (κ2) is 10.1. The first-order chi connectivity index (χ1) is 7.65. The van der Waals surface area contributed by atoms with E-state index in [1.807, 2.05) is 0 Å². The molecule has 0 saturated carbocycles. The highest BCUT2D eigenvalue weighted by atomic mass is 16.5. The highest BCUT2D eigenvalue weighted by molar-refractivity contribution is 4.74. The number of hydrogen-bond donors (Lipinski definition) is 1. The maximum Gasteiger partial charge on any atom is 0.0630 e. The van der Waals surface area contributed by atoms with Crippen molar-refractivity contribution in [2.45, 2.75) is 40.2 Å². The molecule has 0 spiro atoms. The molecule has 3 nitrogen and oxygen atoms in total. The Morgan fingerprint density at radius 1 is 1.25 bits per heavy atom. The van der Waals surface area contributed by atoms with E-state index in [1.165, 1.54) is 6.42 Å². The third-order valence-electron chi connectivity index (χ3n) is 2.69. The van der Waals surface area contributed by atoms with Gasteiger partial charge in [-0.15, -0.1) is 0 Å². The normalized spacial score (nSPS) is 13.7. The van der Waals surface area contributed by atoms with E-state index in [1.54, 1.807) is 7.11 Å². The van der Waals surface area contributed by atoms with Crippen molar-refractivity contribution in [3.05, 3.63) is 0 Å². The van der Waals surface area contributed by atoms with Gasteiger partial charge >= 0.3 is 0 Å². The van der Waals surface area contributed by atoms with Crippen LogP contribution in [0.3, 0.4) is 0 Å². The maximum atomic E-state index is 5.32. The largest absolute Gasteiger partial charge is 0.383 e. The molecule has 0 saturated heterocycles. The Balaban J connectivity index is 4.11. The molecule has 3 heteroatoms. The molecule has 1 unspecified atom stereocenters. The minimum absolute atomic E-state index is 0.504. The van der Waals surface area contributed by atoms with Crippen molar-refractivity contribution in [2.75, 3.05) is 39.9 Å². The van der Waals surface area contributed by atoms with Crippen LogP contribution in [-0.4, -0.2) is 50.8 Å². The maximum absolute atomic E-state index is 5.32. The van der Waals surface area contributed by atoms with Gasteiger partial charge in [0, 0.05) is 26.2 Å². The van der Waals surface area contributed by atoms with Gasteiger partial charge in [-0.25, -0.2) is 0 Å². The van der Waals surface area contributed by atoms with Crippen molar-refractivity contribution in [1.29, 1.82) is 0 Å². The van der Waals surface area contributed by atoms with E-state index in [4.69, 9.17) is 4.74 Å². The van der Waals surface area contributed by atoms with E-state index in [0.717, 1.165) is 32.8 Å². The lowest BCUT2D eigenvalue weighted by Crippen LogP contribution is -2.46. The molecule has 0 aromatic carbocycles. The van der Waals surface area contributed by atoms with Gasteiger partial charge in [0.05, 0.1) is 6.61 Å². The zero-order valence-corrected chi connectivity index (χ0v) is 11.8. The summed E-state index contributed by atoms with van der Waals surface area (Å²) < 4.78 is 5.32. The van der Waals surface area contributed by atoms with Crippen LogP contribution in [0.4, 0.5) is 0 Å². The van der Waals surface area contributed by atoms with E-state index in [-0.39, 0.29) is 0 Å². The standard InChI is InChI=1S/C13H30N2O/c1-6-8-14-9-13(11-16-5)15(7-2)10-12(3)4/h12-14H,6-11H2,1-5H3. The molecular formula is C13H30N2O. The lowest BCUT2D eigenvalue weighted by atomic mass is 10.1. The molecule has 0 radical (unpaired) electrons. The Labute approximate surface area is 102 Å². The highest BCUT2D eigenvalue weighted by Crippen LogP contribution is 2.04. The molecule has 16 heavy (non-hydrogen) atoms. The van der Waals surface area contributed by atoms with Gasteiger partial charge in [0.25, 0.3) is 0 Å². The van der Waals surface area contributed by atoms with Crippen LogP contribution in [0.1, 0.15) is 34.1 Å². The van der Waals surface area contributed by atoms with Gasteiger partial charge in [-0.3, -0.25) is 4.90 Å². The van der Waals surface area contributed by atoms with E-state index in [0.29, 0.717) is 12.0 Å². The molecule has 0 aliphatic heterocycles. The molecular weight excluding hydrogens is 200 g/mol. The van der Waals surface area contributed by atoms with E-state index in [9.17, 15) is 0 Å². The molecule has 0 aromatic rings. The minimum atomic E-state index is 0.504. The zero-order chi connectivity index (χ0) is 12.4. The molecule has 0 aliphatic carbocycles. The summed E-state index contributed by atoms with van der Waals surface area (Å²) in [5.41, 5.74) is 0. The predicted octanol–water partition coefficient (Wildman–Crippen LogP) is 1.98. The van der Waals surface area contributed by atoms with Crippen LogP contribution >= 0.6 is 0 Å². The first-order valence-electron chi connectivity index (χ1n) is 6.59. The van der Waals surface area contributed by atoms with Crippen LogP contribution in [-0.2, 0) is 4.74 Å². The van der Waals surface area contributed by atoms with Crippen LogP contribution in [0, 0.1) is 5.92 Å². The number of nitrogens with zero attached hydrogens (tertiary/aromatic N) is 1. The second-order valence-electron chi connectivity index (χ2n) is 4.79. The quantitative estimate of drug-likeness (QED) is 0.581. The molecule has 0 heterocycles. The third kappa shape index (κ3) is 7.20. The average molecular weight is 230 g/mol. The summed E-state index contributed by atoms with van der Waals surface area (Å²) in [6.07, 6.45) is 1.19. The SMILES string of the molecule is CCCNCC(COC)N(CC)CC(C)C. The van der Waals surface area contributed by atoms with Crippen molar-refractivity contribution in [3.63, 3.8) is 0 Å². The van der Waals surface area contributed by atoms with Crippen LogP contribution in [0.25, 0.3) is 0 Å². The summed E-state index contributed by atoms with van der Waals surface area (Å²) in [7, 11) is 1.79. The van der Waals surface area contributed by atoms with Crippen molar-refractivity contribution in [2.24, 2.45) is 5.92 Å². The lowest BCUT2D eigenvalue weighted by molar-refractivity contribution is 0.0850. The van der Waals surface area contributed by atoms with Crippen molar-refractivity contribution < 1.29 is 4.74 Å². The van der Waals surface area contributed by atoms with Gasteiger partial charge in [0.1, 0.15) is 0 Å². The molecule has 1 atom stereocenters. The van der Waals surface area contributed by atoms with E-state index < -0.39 is 0 Å². The molecule has 0 aliphatic rings. The summed E-state index contributed by atoms with van der Waals surface area (Å²) in [6.45, 7) is 14.2. The first-order valence-corrected chi connectivity index (χ1v) is 6.59. The van der Waals surface area contributed by atoms with Gasteiger partial charge in [0.15, 0.2) is 0 Å². The average Bonchev–Trinajstić information content (AvgIpc) is 2.25. The van der Waals surface area contributed by atoms with Gasteiger partial charge in [0.2, 0.25) is 0 Å². The Bertz CT molecular complexity index is 151. The molecule has 0 bridgehead atoms. The number of nitrogens with one attached hydrogen (secondary N) is 1. The fraction of sp³-hybridized carbons (Fsp3) is 1.00. The second-order valence-corrected chi connectivity index (χ2v) is 4.79. The van der Waals surface area contributed by atoms with E-state index >= 15 is 0 Å². The number of ether oxygens (including phenoxy) is 1. The van der Waals surface area contributed by atoms with Crippen LogP contribution < -0.4 is 5.32 Å². The Hall–Kier alpha value is -0.120. The van der Waals surface area contributed by atoms with Gasteiger partial charge in [-0.1, -0.05) is 27.7 Å². The summed E-state index contributed by atoms with van der Waals surface area (Å²) in [5, 5.41) is 3.49. The van der Waals surface area contributed by atoms with Crippen molar-refractivity contribution >= 4 is 0 Å². The molecule has 0 amide bonds. The third-order valence-corrected chi connectivity index (χ3v) is 2.69. The zero-order valence-electron chi connectivity index (χ0n) is 11.8. The van der Waals surface area contributed by atoms with Crippen LogP contribution in [0.5, 0.6) is 0 Å². The molecule has 98 valence electrons. The smallest absolute Gasteiger partial charge is 0.0630 e. The summed E-state index contributed by atoms with van der Waals surface area (Å²) >= 11 is 0. The monoisotopic (exact) mass is 230 g/mol. The summed E-state index contributed by atoms with van der Waals surface area (Å²) in [6, 6.07) is 0.504. The Kier molecular flexibility index (Phi) is 9.99. The summed E-state index contributed by atoms with van der Waals surface area (Å²) in [5.74, 6) is 0.713. The molecule has 0 fully saturated rings. The number of hydrogen-bond acceptors (Lipinski definition) is 3. The molecule has 1 N–H and O–H groups in total. The Morgan fingerprint density at radius 3 is 2.38 bits per heavy atom. The van der Waals surface area contributed by atoms with E-state index in [2.05, 4.69) is 37.9 Å². The summed E-state index contributed by atoms with van der Waals surface area (Å²) in [4.78, 5) is 2.51. The molecule has 0 aromatic heterocycles. The van der Waals surface area contributed by atoms with Crippen molar-refractivity contribution in [1.82, 2.24) is 10.2 Å². The van der Waals surface area contributed by atoms with Crippen LogP contribution in [0.15, 0.2) is 0 Å². The van der Waals surface area contributed by atoms with Gasteiger partial charge in [-0.05, 0) is 25.4 Å². The topological polar surface area (TPSA) is 24.5 Å². The number of methoxy groups -OCH3 is 1. The van der Waals surface area contributed by atoms with Gasteiger partial charge in [-0.2, -0.15) is 0 Å². The lowest BCUT2D eigenvalue weighted by Gasteiger charge is -2.31. The first kappa shape index (κ1) is 15.9. The van der Waals surface area contributed by atoms with Crippen molar-refractivity contribution in [3.8, 4) is 0 Å². The number of rotatable bonds is 10. The molecule has 0 rings (SSSR count). The number of likely N-dealkylation sites (N-methyl/N-ethyl adjacent to an activating group) is 1. The van der Waals surface area contributed by atoms with Gasteiger partial charge < -0.3 is 10.1 Å². The fourth-order valence-corrected chi connectivity index (χ4v) is 1.94.